The number of piperidine rings is 1. The Morgan fingerprint density at radius 1 is 0.939 bits per heavy atom. The van der Waals surface area contributed by atoms with Crippen molar-refractivity contribution in [2.24, 2.45) is 0 Å². The minimum Gasteiger partial charge on any atom is -0.393 e. The van der Waals surface area contributed by atoms with E-state index in [-0.39, 0.29) is 16.9 Å². The number of hydrogen-bond donors (Lipinski definition) is 2. The molecule has 0 atom stereocenters. The van der Waals surface area contributed by atoms with E-state index in [9.17, 15) is 18.3 Å². The number of nitrogens with zero attached hydrogens (tertiary/aromatic N) is 2. The number of hydrogen-bond acceptors (Lipinski definition) is 5. The minimum atomic E-state index is -3.84. The van der Waals surface area contributed by atoms with E-state index in [4.69, 9.17) is 0 Å². The number of carbonyl (C=O) groups is 1. The molecule has 174 valence electrons. The monoisotopic (exact) mass is 467 g/mol. The molecule has 2 aliphatic rings. The second-order valence-electron chi connectivity index (χ2n) is 8.45. The second-order valence-corrected chi connectivity index (χ2v) is 10.1. The highest BCUT2D eigenvalue weighted by Crippen LogP contribution is 2.24. The van der Waals surface area contributed by atoms with Crippen LogP contribution in [0, 0.1) is 0 Å². The fourth-order valence-electron chi connectivity index (χ4n) is 3.69. The van der Waals surface area contributed by atoms with Crippen LogP contribution in [-0.2, 0) is 10.0 Å². The third-order valence-corrected chi connectivity index (χ3v) is 7.43. The van der Waals surface area contributed by atoms with E-state index in [1.54, 1.807) is 59.6 Å². The fourth-order valence-corrected chi connectivity index (χ4v) is 4.92. The molecule has 33 heavy (non-hydrogen) atoms. The van der Waals surface area contributed by atoms with Gasteiger partial charge >= 0.3 is 0 Å². The topological polar surface area (TPSA) is 99.6 Å². The lowest BCUT2D eigenvalue weighted by Crippen LogP contribution is -2.40. The Bertz CT molecular complexity index is 1190. The number of amides is 1. The van der Waals surface area contributed by atoms with Crippen molar-refractivity contribution < 1.29 is 18.3 Å². The van der Waals surface area contributed by atoms with E-state index in [1.165, 1.54) is 31.7 Å². The van der Waals surface area contributed by atoms with Gasteiger partial charge in [-0.1, -0.05) is 43.9 Å². The summed E-state index contributed by atoms with van der Waals surface area (Å²) in [7, 11) is -3.84. The average molecular weight is 468 g/mol. The molecule has 1 aliphatic heterocycles. The summed E-state index contributed by atoms with van der Waals surface area (Å²) >= 11 is 0. The van der Waals surface area contributed by atoms with E-state index >= 15 is 0 Å². The second kappa shape index (κ2) is 10.3. The molecule has 1 amide bonds. The quantitative estimate of drug-likeness (QED) is 0.599. The molecular weight excluding hydrogens is 438 g/mol. The number of para-hydroxylation sites is 1. The summed E-state index contributed by atoms with van der Waals surface area (Å²) in [5, 5.41) is 10.3. The number of aliphatic hydroxyl groups is 1. The number of pyridine rings is 1. The normalized spacial score (nSPS) is 16.5. The van der Waals surface area contributed by atoms with Gasteiger partial charge in [-0.05, 0) is 49.2 Å². The number of likely N-dealkylation sites (tertiary alicyclic amines) is 1. The van der Waals surface area contributed by atoms with Gasteiger partial charge in [0.25, 0.3) is 15.9 Å². The van der Waals surface area contributed by atoms with Gasteiger partial charge in [0.1, 0.15) is 4.90 Å². The number of nitrogens with one attached hydrogen (secondary N) is 1. The van der Waals surface area contributed by atoms with E-state index < -0.39 is 10.0 Å². The maximum atomic E-state index is 12.9. The lowest BCUT2D eigenvalue weighted by molar-refractivity contribution is 0.0546. The van der Waals surface area contributed by atoms with Crippen molar-refractivity contribution in [1.82, 2.24) is 9.88 Å². The fraction of sp³-hybridized carbons (Fsp3) is 0.360. The number of anilines is 1. The van der Waals surface area contributed by atoms with Gasteiger partial charge in [-0.25, -0.2) is 8.42 Å². The molecule has 2 N–H and O–H groups in total. The summed E-state index contributed by atoms with van der Waals surface area (Å²) in [6.07, 6.45) is 8.35. The van der Waals surface area contributed by atoms with E-state index in [0.717, 1.165) is 5.39 Å². The lowest BCUT2D eigenvalue weighted by atomic mass is 10.0. The lowest BCUT2D eigenvalue weighted by Gasteiger charge is -2.29. The van der Waals surface area contributed by atoms with Crippen LogP contribution in [0.4, 0.5) is 5.69 Å². The highest BCUT2D eigenvalue weighted by Gasteiger charge is 2.23. The Balaban J connectivity index is 0.000000586. The highest BCUT2D eigenvalue weighted by molar-refractivity contribution is 7.93. The van der Waals surface area contributed by atoms with Crippen molar-refractivity contribution in [3.05, 3.63) is 66.4 Å². The van der Waals surface area contributed by atoms with Crippen LogP contribution in [0.5, 0.6) is 0 Å². The van der Waals surface area contributed by atoms with Gasteiger partial charge in [-0.2, -0.15) is 0 Å². The molecule has 1 saturated heterocycles. The SMILES string of the molecule is C1CCC1.O=C(c1ccc(NS(=O)(=O)c2cccc3cccnc23)cc1)N1CCC(O)CC1. The van der Waals surface area contributed by atoms with Gasteiger partial charge in [0.05, 0.1) is 11.6 Å². The van der Waals surface area contributed by atoms with Crippen LogP contribution in [0.15, 0.2) is 65.7 Å². The first-order chi connectivity index (χ1) is 15.9. The summed E-state index contributed by atoms with van der Waals surface area (Å²) in [6.45, 7) is 1.03. The zero-order chi connectivity index (χ0) is 23.3. The molecule has 0 unspecified atom stereocenters. The highest BCUT2D eigenvalue weighted by atomic mass is 32.2. The zero-order valence-electron chi connectivity index (χ0n) is 18.5. The van der Waals surface area contributed by atoms with E-state index in [2.05, 4.69) is 9.71 Å². The van der Waals surface area contributed by atoms with Crippen LogP contribution >= 0.6 is 0 Å². The molecule has 2 fully saturated rings. The van der Waals surface area contributed by atoms with Gasteiger partial charge in [0, 0.05) is 35.9 Å². The van der Waals surface area contributed by atoms with Crippen LogP contribution in [0.25, 0.3) is 10.9 Å². The van der Waals surface area contributed by atoms with Crippen molar-refractivity contribution in [1.29, 1.82) is 0 Å². The molecular formula is C25H29N3O4S. The van der Waals surface area contributed by atoms with Crippen molar-refractivity contribution in [3.8, 4) is 0 Å². The Morgan fingerprint density at radius 2 is 1.58 bits per heavy atom. The van der Waals surface area contributed by atoms with Crippen molar-refractivity contribution >= 4 is 32.5 Å². The number of aliphatic hydroxyl groups excluding tert-OH is 1. The number of benzene rings is 2. The standard InChI is InChI=1S/C21H21N3O4S.C4H8/c25-18-10-13-24(14-11-18)21(26)16-6-8-17(9-7-16)23-29(27,28)19-5-1-3-15-4-2-12-22-20(15)19;1-2-4-3-1/h1-9,12,18,23,25H,10-11,13-14H2;1-4H2. The minimum absolute atomic E-state index is 0.0997. The molecule has 2 heterocycles. The predicted molar refractivity (Wildman–Crippen MR) is 129 cm³/mol. The number of aromatic nitrogens is 1. The molecule has 3 aromatic rings. The first kappa shape index (κ1) is 23.2. The average Bonchev–Trinajstić information content (AvgIpc) is 2.78. The first-order valence-electron chi connectivity index (χ1n) is 11.4. The van der Waals surface area contributed by atoms with Gasteiger partial charge in [0.2, 0.25) is 0 Å². The molecule has 1 aliphatic carbocycles. The van der Waals surface area contributed by atoms with Crippen LogP contribution in [0.2, 0.25) is 0 Å². The molecule has 2 aromatic carbocycles. The van der Waals surface area contributed by atoms with Crippen molar-refractivity contribution in [3.63, 3.8) is 0 Å². The van der Waals surface area contributed by atoms with Crippen LogP contribution < -0.4 is 4.72 Å². The Kier molecular flexibility index (Phi) is 7.25. The Morgan fingerprint density at radius 3 is 2.21 bits per heavy atom. The predicted octanol–water partition coefficient (Wildman–Crippen LogP) is 4.19. The van der Waals surface area contributed by atoms with Gasteiger partial charge < -0.3 is 10.0 Å². The van der Waals surface area contributed by atoms with Crippen LogP contribution in [0.3, 0.4) is 0 Å². The molecule has 7 nitrogen and oxygen atoms in total. The molecule has 1 aromatic heterocycles. The third kappa shape index (κ3) is 5.69. The summed E-state index contributed by atoms with van der Waals surface area (Å²) in [6, 6.07) is 14.9. The molecule has 0 radical (unpaired) electrons. The molecule has 5 rings (SSSR count). The first-order valence-corrected chi connectivity index (χ1v) is 12.9. The zero-order valence-corrected chi connectivity index (χ0v) is 19.3. The molecule has 8 heteroatoms. The summed E-state index contributed by atoms with van der Waals surface area (Å²) in [4.78, 5) is 18.6. The Hall–Kier alpha value is -2.97. The maximum Gasteiger partial charge on any atom is 0.264 e. The van der Waals surface area contributed by atoms with Gasteiger partial charge in [0.15, 0.2) is 0 Å². The summed E-state index contributed by atoms with van der Waals surface area (Å²) in [5.74, 6) is -0.121. The van der Waals surface area contributed by atoms with Crippen molar-refractivity contribution in [2.75, 3.05) is 17.8 Å². The third-order valence-electron chi connectivity index (χ3n) is 6.02. The van der Waals surface area contributed by atoms with Gasteiger partial charge in [-0.15, -0.1) is 0 Å². The molecule has 1 saturated carbocycles. The van der Waals surface area contributed by atoms with Crippen LogP contribution in [0.1, 0.15) is 48.9 Å². The van der Waals surface area contributed by atoms with Gasteiger partial charge in [-0.3, -0.25) is 14.5 Å². The number of rotatable bonds is 4. The number of fused-ring (bicyclic) bond motifs is 1. The summed E-state index contributed by atoms with van der Waals surface area (Å²) < 4.78 is 28.3. The smallest absolute Gasteiger partial charge is 0.264 e. The maximum absolute atomic E-state index is 12.9. The molecule has 0 bridgehead atoms. The Labute approximate surface area is 194 Å². The number of sulfonamides is 1. The van der Waals surface area contributed by atoms with Crippen molar-refractivity contribution in [2.45, 2.75) is 49.5 Å². The summed E-state index contributed by atoms with van der Waals surface area (Å²) in [5.41, 5.74) is 1.25. The van der Waals surface area contributed by atoms with Crippen LogP contribution in [-0.4, -0.2) is 48.5 Å². The largest absolute Gasteiger partial charge is 0.393 e. The molecule has 0 spiro atoms. The van der Waals surface area contributed by atoms with E-state index in [1.807, 2.05) is 0 Å². The number of carbonyl (C=O) groups excluding carboxylic acids is 1. The van der Waals surface area contributed by atoms with E-state index in [0.29, 0.717) is 42.7 Å².